The van der Waals surface area contributed by atoms with Gasteiger partial charge in [-0.05, 0) is 37.7 Å². The lowest BCUT2D eigenvalue weighted by Crippen LogP contribution is -2.47. The molecule has 0 radical (unpaired) electrons. The van der Waals surface area contributed by atoms with Gasteiger partial charge in [-0.3, -0.25) is 0 Å². The number of piperidine rings is 1. The number of fused-ring (bicyclic) bond motifs is 1. The number of anilines is 2. The highest BCUT2D eigenvalue weighted by atomic mass is 19.1. The van der Waals surface area contributed by atoms with Crippen molar-refractivity contribution in [1.82, 2.24) is 0 Å². The fourth-order valence-electron chi connectivity index (χ4n) is 3.92. The van der Waals surface area contributed by atoms with Crippen LogP contribution in [0.5, 0.6) is 0 Å². The SMILES string of the molecule is Nc1cc(C(=O)O)c(F)cc1N1CCCC2CCCCC21. The fourth-order valence-corrected chi connectivity index (χ4v) is 3.92. The van der Waals surface area contributed by atoms with Gasteiger partial charge in [0.1, 0.15) is 5.82 Å². The quantitative estimate of drug-likeness (QED) is 0.821. The predicted molar refractivity (Wildman–Crippen MR) is 80.1 cm³/mol. The summed E-state index contributed by atoms with van der Waals surface area (Å²) in [5, 5.41) is 8.97. The summed E-state index contributed by atoms with van der Waals surface area (Å²) in [5.74, 6) is -1.32. The minimum absolute atomic E-state index is 0.353. The number of hydrogen-bond donors (Lipinski definition) is 2. The summed E-state index contributed by atoms with van der Waals surface area (Å²) in [6, 6.07) is 2.97. The Labute approximate surface area is 123 Å². The van der Waals surface area contributed by atoms with Crippen LogP contribution in [0, 0.1) is 11.7 Å². The van der Waals surface area contributed by atoms with Gasteiger partial charge < -0.3 is 15.7 Å². The molecule has 2 atom stereocenters. The molecular formula is C16H21FN2O2. The van der Waals surface area contributed by atoms with Gasteiger partial charge in [0.2, 0.25) is 0 Å². The van der Waals surface area contributed by atoms with E-state index in [4.69, 9.17) is 10.8 Å². The zero-order valence-corrected chi connectivity index (χ0v) is 12.0. The molecule has 1 aromatic rings. The Morgan fingerprint density at radius 1 is 1.24 bits per heavy atom. The zero-order chi connectivity index (χ0) is 15.0. The number of rotatable bonds is 2. The van der Waals surface area contributed by atoms with Crippen molar-refractivity contribution in [3.05, 3.63) is 23.5 Å². The number of nitrogens with two attached hydrogens (primary N) is 1. The molecule has 3 rings (SSSR count). The molecule has 4 nitrogen and oxygen atoms in total. The van der Waals surface area contributed by atoms with Gasteiger partial charge in [-0.2, -0.15) is 0 Å². The molecule has 5 heteroatoms. The molecule has 2 unspecified atom stereocenters. The third-order valence-electron chi connectivity index (χ3n) is 4.90. The summed E-state index contributed by atoms with van der Waals surface area (Å²) in [5.41, 5.74) is 6.68. The maximum absolute atomic E-state index is 14.0. The van der Waals surface area contributed by atoms with Crippen LogP contribution in [0.4, 0.5) is 15.8 Å². The van der Waals surface area contributed by atoms with Crippen LogP contribution in [-0.2, 0) is 0 Å². The zero-order valence-electron chi connectivity index (χ0n) is 12.0. The smallest absolute Gasteiger partial charge is 0.338 e. The maximum Gasteiger partial charge on any atom is 0.338 e. The van der Waals surface area contributed by atoms with E-state index >= 15 is 0 Å². The normalized spacial score (nSPS) is 25.5. The molecule has 0 amide bonds. The Balaban J connectivity index is 1.95. The van der Waals surface area contributed by atoms with E-state index in [1.165, 1.54) is 37.8 Å². The van der Waals surface area contributed by atoms with E-state index in [0.717, 1.165) is 19.4 Å². The average molecular weight is 292 g/mol. The number of aromatic carboxylic acids is 1. The van der Waals surface area contributed by atoms with E-state index in [1.807, 2.05) is 0 Å². The molecular weight excluding hydrogens is 271 g/mol. The van der Waals surface area contributed by atoms with Crippen LogP contribution < -0.4 is 10.6 Å². The van der Waals surface area contributed by atoms with Gasteiger partial charge in [0.25, 0.3) is 0 Å². The molecule has 21 heavy (non-hydrogen) atoms. The lowest BCUT2D eigenvalue weighted by molar-refractivity contribution is 0.0692. The van der Waals surface area contributed by atoms with Gasteiger partial charge in [0.15, 0.2) is 0 Å². The molecule has 114 valence electrons. The Hall–Kier alpha value is -1.78. The molecule has 1 aromatic carbocycles. The topological polar surface area (TPSA) is 66.6 Å². The minimum atomic E-state index is -1.28. The van der Waals surface area contributed by atoms with Crippen molar-refractivity contribution in [3.8, 4) is 0 Å². The van der Waals surface area contributed by atoms with Gasteiger partial charge in [-0.1, -0.05) is 12.8 Å². The number of hydrogen-bond acceptors (Lipinski definition) is 3. The Morgan fingerprint density at radius 3 is 2.71 bits per heavy atom. The second-order valence-electron chi connectivity index (χ2n) is 6.14. The molecule has 1 heterocycles. The molecule has 3 N–H and O–H groups in total. The van der Waals surface area contributed by atoms with Crippen molar-refractivity contribution >= 4 is 17.3 Å². The first-order valence-electron chi connectivity index (χ1n) is 7.67. The number of nitrogen functional groups attached to an aromatic ring is 1. The number of carboxylic acids is 1. The molecule has 0 aromatic heterocycles. The first kappa shape index (κ1) is 14.2. The Kier molecular flexibility index (Phi) is 3.74. The number of carboxylic acid groups (broad SMARTS) is 1. The summed E-state index contributed by atoms with van der Waals surface area (Å²) in [7, 11) is 0. The molecule has 2 aliphatic rings. The van der Waals surface area contributed by atoms with E-state index in [-0.39, 0.29) is 5.56 Å². The van der Waals surface area contributed by atoms with Crippen molar-refractivity contribution < 1.29 is 14.3 Å². The third kappa shape index (κ3) is 2.57. The molecule has 1 aliphatic heterocycles. The lowest BCUT2D eigenvalue weighted by atomic mass is 9.78. The monoisotopic (exact) mass is 292 g/mol. The summed E-state index contributed by atoms with van der Waals surface area (Å²) in [4.78, 5) is 13.2. The lowest BCUT2D eigenvalue weighted by Gasteiger charge is -2.45. The summed E-state index contributed by atoms with van der Waals surface area (Å²) in [6.45, 7) is 0.872. The van der Waals surface area contributed by atoms with Gasteiger partial charge in [0, 0.05) is 18.7 Å². The van der Waals surface area contributed by atoms with E-state index in [2.05, 4.69) is 4.90 Å². The van der Waals surface area contributed by atoms with Crippen LogP contribution in [0.25, 0.3) is 0 Å². The average Bonchev–Trinajstić information content (AvgIpc) is 2.48. The van der Waals surface area contributed by atoms with E-state index in [0.29, 0.717) is 23.3 Å². The first-order chi connectivity index (χ1) is 10.1. The van der Waals surface area contributed by atoms with Crippen molar-refractivity contribution in [2.75, 3.05) is 17.2 Å². The number of halogens is 1. The van der Waals surface area contributed by atoms with E-state index < -0.39 is 11.8 Å². The second-order valence-corrected chi connectivity index (χ2v) is 6.14. The van der Waals surface area contributed by atoms with Crippen molar-refractivity contribution in [3.63, 3.8) is 0 Å². The van der Waals surface area contributed by atoms with Gasteiger partial charge in [0.05, 0.1) is 16.9 Å². The van der Waals surface area contributed by atoms with Gasteiger partial charge in [-0.15, -0.1) is 0 Å². The molecule has 0 spiro atoms. The third-order valence-corrected chi connectivity index (χ3v) is 4.90. The Bertz CT molecular complexity index is 559. The first-order valence-corrected chi connectivity index (χ1v) is 7.67. The van der Waals surface area contributed by atoms with Crippen molar-refractivity contribution in [1.29, 1.82) is 0 Å². The van der Waals surface area contributed by atoms with E-state index in [9.17, 15) is 9.18 Å². The predicted octanol–water partition coefficient (Wildman–Crippen LogP) is 3.27. The summed E-state index contributed by atoms with van der Waals surface area (Å²) >= 11 is 0. The Morgan fingerprint density at radius 2 is 1.95 bits per heavy atom. The maximum atomic E-state index is 14.0. The number of carbonyl (C=O) groups is 1. The van der Waals surface area contributed by atoms with Gasteiger partial charge in [-0.25, -0.2) is 9.18 Å². The molecule has 1 aliphatic carbocycles. The van der Waals surface area contributed by atoms with Crippen LogP contribution in [0.1, 0.15) is 48.9 Å². The highest BCUT2D eigenvalue weighted by Gasteiger charge is 2.34. The van der Waals surface area contributed by atoms with Crippen LogP contribution in [0.15, 0.2) is 12.1 Å². The van der Waals surface area contributed by atoms with Crippen LogP contribution in [0.2, 0.25) is 0 Å². The number of nitrogens with zero attached hydrogens (tertiary/aromatic N) is 1. The second kappa shape index (κ2) is 5.54. The molecule has 1 saturated carbocycles. The minimum Gasteiger partial charge on any atom is -0.478 e. The van der Waals surface area contributed by atoms with Crippen LogP contribution >= 0.6 is 0 Å². The largest absolute Gasteiger partial charge is 0.478 e. The van der Waals surface area contributed by atoms with Crippen LogP contribution in [-0.4, -0.2) is 23.7 Å². The summed E-state index contributed by atoms with van der Waals surface area (Å²) < 4.78 is 14.0. The van der Waals surface area contributed by atoms with Crippen molar-refractivity contribution in [2.24, 2.45) is 5.92 Å². The molecule has 2 fully saturated rings. The highest BCUT2D eigenvalue weighted by molar-refractivity contribution is 5.91. The van der Waals surface area contributed by atoms with Crippen molar-refractivity contribution in [2.45, 2.75) is 44.6 Å². The van der Waals surface area contributed by atoms with Crippen LogP contribution in [0.3, 0.4) is 0 Å². The number of benzene rings is 1. The standard InChI is InChI=1S/C16H21FN2O2/c17-12-9-15(13(18)8-11(12)16(20)21)19-7-3-5-10-4-1-2-6-14(10)19/h8-10,14H,1-7,18H2,(H,20,21). The highest BCUT2D eigenvalue weighted by Crippen LogP contribution is 2.40. The molecule has 1 saturated heterocycles. The molecule has 0 bridgehead atoms. The fraction of sp³-hybridized carbons (Fsp3) is 0.562. The van der Waals surface area contributed by atoms with Gasteiger partial charge >= 0.3 is 5.97 Å². The van der Waals surface area contributed by atoms with E-state index in [1.54, 1.807) is 0 Å². The summed E-state index contributed by atoms with van der Waals surface area (Å²) in [6.07, 6.45) is 7.15.